The van der Waals surface area contributed by atoms with Gasteiger partial charge in [-0.1, -0.05) is 24.3 Å². The van der Waals surface area contributed by atoms with Crippen LogP contribution in [0.5, 0.6) is 0 Å². The maximum absolute atomic E-state index is 12.6. The number of hydrogen-bond donors (Lipinski definition) is 1. The first kappa shape index (κ1) is 16.4. The average Bonchev–Trinajstić information content (AvgIpc) is 2.50. The van der Waals surface area contributed by atoms with Gasteiger partial charge in [0, 0.05) is 17.2 Å². The van der Waals surface area contributed by atoms with E-state index in [1.54, 1.807) is 0 Å². The molecule has 0 radical (unpaired) electrons. The zero-order valence-electron chi connectivity index (χ0n) is 11.5. The van der Waals surface area contributed by atoms with Crippen molar-refractivity contribution in [2.75, 3.05) is 0 Å². The lowest BCUT2D eigenvalue weighted by Gasteiger charge is -2.19. The second kappa shape index (κ2) is 5.30. The number of carbonyl (C=O) groups excluding carboxylic acids is 2. The molecule has 0 atom stereocenters. The molecule has 1 aliphatic rings. The average molecular weight is 412 g/mol. The minimum Gasteiger partial charge on any atom is -0.289 e. The molecule has 0 saturated carbocycles. The van der Waals surface area contributed by atoms with Gasteiger partial charge >= 0.3 is 0 Å². The number of nitrogens with zero attached hydrogens (tertiary/aromatic N) is 1. The van der Waals surface area contributed by atoms with E-state index in [9.17, 15) is 32.7 Å². The Hall–Kier alpha value is -2.43. The van der Waals surface area contributed by atoms with Crippen molar-refractivity contribution in [1.82, 2.24) is 0 Å². The van der Waals surface area contributed by atoms with Crippen LogP contribution in [0.15, 0.2) is 39.7 Å². The predicted molar refractivity (Wildman–Crippen MR) is 83.9 cm³/mol. The number of carbonyl (C=O) groups is 2. The van der Waals surface area contributed by atoms with Crippen LogP contribution < -0.4 is 0 Å². The molecule has 1 N–H and O–H groups in total. The van der Waals surface area contributed by atoms with Crippen molar-refractivity contribution >= 4 is 43.3 Å². The van der Waals surface area contributed by atoms with E-state index >= 15 is 0 Å². The Balaban J connectivity index is 2.50. The first-order valence-electron chi connectivity index (χ1n) is 6.31. The van der Waals surface area contributed by atoms with Gasteiger partial charge in [-0.2, -0.15) is 8.42 Å². The van der Waals surface area contributed by atoms with Gasteiger partial charge in [0.05, 0.1) is 15.0 Å². The molecule has 0 fully saturated rings. The highest BCUT2D eigenvalue weighted by atomic mass is 79.9. The minimum absolute atomic E-state index is 0.00233. The summed E-state index contributed by atoms with van der Waals surface area (Å²) < 4.78 is 31.8. The second-order valence-electron chi connectivity index (χ2n) is 4.89. The first-order chi connectivity index (χ1) is 11.1. The van der Waals surface area contributed by atoms with Gasteiger partial charge in [0.25, 0.3) is 15.8 Å². The van der Waals surface area contributed by atoms with Crippen molar-refractivity contribution < 1.29 is 27.5 Å². The zero-order valence-corrected chi connectivity index (χ0v) is 13.9. The van der Waals surface area contributed by atoms with Crippen LogP contribution in [0.25, 0.3) is 0 Å². The van der Waals surface area contributed by atoms with Gasteiger partial charge < -0.3 is 0 Å². The molecular weight excluding hydrogens is 406 g/mol. The normalized spacial score (nSPS) is 13.4. The maximum atomic E-state index is 12.6. The Morgan fingerprint density at radius 2 is 1.54 bits per heavy atom. The fourth-order valence-electron chi connectivity index (χ4n) is 2.54. The van der Waals surface area contributed by atoms with Gasteiger partial charge in [-0.15, -0.1) is 0 Å². The molecule has 1 aliphatic carbocycles. The van der Waals surface area contributed by atoms with Gasteiger partial charge in [-0.05, 0) is 15.9 Å². The number of fused-ring (bicyclic) bond motifs is 2. The van der Waals surface area contributed by atoms with Gasteiger partial charge in [0.15, 0.2) is 5.78 Å². The predicted octanol–water partition coefficient (Wildman–Crippen LogP) is 2.38. The molecule has 0 aromatic heterocycles. The van der Waals surface area contributed by atoms with Crippen LogP contribution in [0.1, 0.15) is 31.8 Å². The molecule has 0 bridgehead atoms. The highest BCUT2D eigenvalue weighted by Crippen LogP contribution is 2.40. The Morgan fingerprint density at radius 3 is 2.00 bits per heavy atom. The molecule has 0 amide bonds. The van der Waals surface area contributed by atoms with Gasteiger partial charge in [-0.3, -0.25) is 24.3 Å². The van der Waals surface area contributed by atoms with Crippen molar-refractivity contribution in [2.45, 2.75) is 4.90 Å². The van der Waals surface area contributed by atoms with Crippen LogP contribution >= 0.6 is 15.9 Å². The number of ketones is 2. The molecule has 10 heteroatoms. The smallest absolute Gasteiger partial charge is 0.289 e. The molecule has 0 saturated heterocycles. The molecular formula is C14H6BrNO7S. The SMILES string of the molecule is O=C1c2ccccc2C(=O)c2c(Br)c(S(=O)(=O)O)cc([N+](=O)[O-])c21. The number of nitro benzene ring substituents is 1. The van der Waals surface area contributed by atoms with E-state index in [2.05, 4.69) is 15.9 Å². The molecule has 0 aliphatic heterocycles. The first-order valence-corrected chi connectivity index (χ1v) is 8.54. The fraction of sp³-hybridized carbons (Fsp3) is 0. The Labute approximate surface area is 143 Å². The van der Waals surface area contributed by atoms with E-state index in [0.717, 1.165) is 0 Å². The highest BCUT2D eigenvalue weighted by molar-refractivity contribution is 9.10. The van der Waals surface area contributed by atoms with E-state index in [1.807, 2.05) is 0 Å². The molecule has 0 spiro atoms. The summed E-state index contributed by atoms with van der Waals surface area (Å²) in [5, 5.41) is 11.3. The summed E-state index contributed by atoms with van der Waals surface area (Å²) in [6.45, 7) is 0. The fourth-order valence-corrected chi connectivity index (χ4v) is 4.24. The van der Waals surface area contributed by atoms with Gasteiger partial charge in [0.2, 0.25) is 5.78 Å². The lowest BCUT2D eigenvalue weighted by molar-refractivity contribution is -0.385. The topological polar surface area (TPSA) is 132 Å². The van der Waals surface area contributed by atoms with Crippen molar-refractivity contribution in [2.24, 2.45) is 0 Å². The summed E-state index contributed by atoms with van der Waals surface area (Å²) in [5.41, 5.74) is -1.85. The number of halogens is 1. The second-order valence-corrected chi connectivity index (χ2v) is 7.08. The number of rotatable bonds is 2. The maximum Gasteiger partial charge on any atom is 0.295 e. The monoisotopic (exact) mass is 411 g/mol. The lowest BCUT2D eigenvalue weighted by atomic mass is 9.83. The van der Waals surface area contributed by atoms with Crippen molar-refractivity contribution in [3.63, 3.8) is 0 Å². The van der Waals surface area contributed by atoms with Gasteiger partial charge in [-0.25, -0.2) is 0 Å². The lowest BCUT2D eigenvalue weighted by Crippen LogP contribution is -2.24. The molecule has 0 unspecified atom stereocenters. The van der Waals surface area contributed by atoms with Gasteiger partial charge in [0.1, 0.15) is 10.5 Å². The van der Waals surface area contributed by atoms with Crippen molar-refractivity contribution in [3.05, 3.63) is 67.2 Å². The number of hydrogen-bond acceptors (Lipinski definition) is 6. The van der Waals surface area contributed by atoms with Crippen LogP contribution in [0.3, 0.4) is 0 Å². The van der Waals surface area contributed by atoms with Crippen LogP contribution in [0.2, 0.25) is 0 Å². The largest absolute Gasteiger partial charge is 0.295 e. The standard InChI is InChI=1S/C14H6BrNO7S/c15-12-9(24(21,22)23)5-8(16(19)20)10-11(12)14(18)7-4-2-1-3-6(7)13(10)17/h1-5H,(H,21,22,23). The van der Waals surface area contributed by atoms with Crippen LogP contribution in [-0.4, -0.2) is 29.5 Å². The molecule has 24 heavy (non-hydrogen) atoms. The van der Waals surface area contributed by atoms with E-state index in [1.165, 1.54) is 24.3 Å². The van der Waals surface area contributed by atoms with Crippen molar-refractivity contribution in [1.29, 1.82) is 0 Å². The molecule has 2 aromatic carbocycles. The Bertz CT molecular complexity index is 1060. The molecule has 122 valence electrons. The minimum atomic E-state index is -4.86. The molecule has 3 rings (SSSR count). The summed E-state index contributed by atoms with van der Waals surface area (Å²) in [4.78, 5) is 34.7. The summed E-state index contributed by atoms with van der Waals surface area (Å²) in [7, 11) is -4.86. The van der Waals surface area contributed by atoms with E-state index in [-0.39, 0.29) is 11.1 Å². The molecule has 2 aromatic rings. The highest BCUT2D eigenvalue weighted by Gasteiger charge is 2.39. The van der Waals surface area contributed by atoms with Crippen LogP contribution in [0.4, 0.5) is 5.69 Å². The van der Waals surface area contributed by atoms with Crippen molar-refractivity contribution in [3.8, 4) is 0 Å². The Kier molecular flexibility index (Phi) is 3.62. The summed E-state index contributed by atoms with van der Waals surface area (Å²) in [6.07, 6.45) is 0. The van der Waals surface area contributed by atoms with E-state index in [4.69, 9.17) is 0 Å². The zero-order chi connectivity index (χ0) is 17.8. The third-order valence-corrected chi connectivity index (χ3v) is 5.52. The number of nitro groups is 1. The molecule has 8 nitrogen and oxygen atoms in total. The summed E-state index contributed by atoms with van der Waals surface area (Å²) in [6, 6.07) is 6.27. The number of benzene rings is 2. The van der Waals surface area contributed by atoms with Crippen LogP contribution in [0, 0.1) is 10.1 Å². The van der Waals surface area contributed by atoms with E-state index in [0.29, 0.717) is 6.07 Å². The summed E-state index contributed by atoms with van der Waals surface area (Å²) >= 11 is 2.87. The Morgan fingerprint density at radius 1 is 1.04 bits per heavy atom. The molecule has 0 heterocycles. The third kappa shape index (κ3) is 2.27. The summed E-state index contributed by atoms with van der Waals surface area (Å²) in [5.74, 6) is -1.52. The van der Waals surface area contributed by atoms with Crippen LogP contribution in [-0.2, 0) is 10.1 Å². The van der Waals surface area contributed by atoms with E-state index < -0.39 is 52.8 Å². The quantitative estimate of drug-likeness (QED) is 0.388. The third-order valence-electron chi connectivity index (χ3n) is 3.55.